The predicted octanol–water partition coefficient (Wildman–Crippen LogP) is 2.24. The van der Waals surface area contributed by atoms with Gasteiger partial charge in [-0.15, -0.1) is 23.7 Å². The van der Waals surface area contributed by atoms with E-state index in [1.165, 1.54) is 24.2 Å². The number of aromatic nitrogens is 3. The average molecular weight is 366 g/mol. The van der Waals surface area contributed by atoms with Crippen molar-refractivity contribution < 1.29 is 4.79 Å². The molecule has 2 aliphatic rings. The van der Waals surface area contributed by atoms with E-state index >= 15 is 0 Å². The van der Waals surface area contributed by atoms with Crippen LogP contribution in [0.3, 0.4) is 0 Å². The second-order valence-electron chi connectivity index (χ2n) is 6.11. The number of thiazole rings is 1. The molecular formula is C16H20ClN5OS. The highest BCUT2D eigenvalue weighted by molar-refractivity contribution is 7.13. The van der Waals surface area contributed by atoms with Crippen LogP contribution in [0.2, 0.25) is 0 Å². The molecule has 0 aliphatic carbocycles. The summed E-state index contributed by atoms with van der Waals surface area (Å²) in [6, 6.07) is 2.35. The summed E-state index contributed by atoms with van der Waals surface area (Å²) in [7, 11) is 0. The molecule has 2 aromatic heterocycles. The molecule has 2 atom stereocenters. The van der Waals surface area contributed by atoms with Gasteiger partial charge in [-0.3, -0.25) is 4.79 Å². The van der Waals surface area contributed by atoms with Gasteiger partial charge in [-0.25, -0.2) is 15.0 Å². The second kappa shape index (κ2) is 7.55. The number of hydrogen-bond acceptors (Lipinski definition) is 6. The maximum absolute atomic E-state index is 12.7. The number of halogens is 1. The molecule has 0 bridgehead atoms. The molecular weight excluding hydrogens is 346 g/mol. The van der Waals surface area contributed by atoms with Gasteiger partial charge in [-0.1, -0.05) is 0 Å². The molecule has 8 heteroatoms. The van der Waals surface area contributed by atoms with Gasteiger partial charge in [0.05, 0.1) is 0 Å². The maximum Gasteiger partial charge on any atom is 0.273 e. The van der Waals surface area contributed by atoms with E-state index in [-0.39, 0.29) is 18.3 Å². The fourth-order valence-electron chi connectivity index (χ4n) is 3.48. The number of likely N-dealkylation sites (tertiary alicyclic amines) is 1. The van der Waals surface area contributed by atoms with Gasteiger partial charge in [0.1, 0.15) is 5.69 Å². The van der Waals surface area contributed by atoms with Gasteiger partial charge < -0.3 is 10.2 Å². The minimum Gasteiger partial charge on any atom is -0.337 e. The highest BCUT2D eigenvalue weighted by Crippen LogP contribution is 2.27. The Balaban J connectivity index is 0.00000169. The molecule has 0 spiro atoms. The lowest BCUT2D eigenvalue weighted by molar-refractivity contribution is 0.0588. The van der Waals surface area contributed by atoms with Gasteiger partial charge in [-0.05, 0) is 37.8 Å². The zero-order valence-electron chi connectivity index (χ0n) is 13.2. The van der Waals surface area contributed by atoms with E-state index in [4.69, 9.17) is 0 Å². The normalized spacial score (nSPS) is 23.2. The largest absolute Gasteiger partial charge is 0.337 e. The molecule has 2 saturated heterocycles. The first-order chi connectivity index (χ1) is 11.3. The van der Waals surface area contributed by atoms with Crippen LogP contribution in [0.15, 0.2) is 23.8 Å². The van der Waals surface area contributed by atoms with Gasteiger partial charge in [0, 0.05) is 36.9 Å². The molecule has 2 fully saturated rings. The Hall–Kier alpha value is -1.57. The van der Waals surface area contributed by atoms with E-state index in [0.717, 1.165) is 26.1 Å². The van der Waals surface area contributed by atoms with E-state index < -0.39 is 0 Å². The van der Waals surface area contributed by atoms with Crippen molar-refractivity contribution >= 4 is 29.7 Å². The summed E-state index contributed by atoms with van der Waals surface area (Å²) >= 11 is 1.42. The smallest absolute Gasteiger partial charge is 0.273 e. The Labute approximate surface area is 151 Å². The molecule has 4 heterocycles. The molecule has 128 valence electrons. The molecule has 6 nitrogen and oxygen atoms in total. The average Bonchev–Trinajstić information content (AvgIpc) is 3.11. The molecule has 0 aromatic carbocycles. The van der Waals surface area contributed by atoms with Crippen LogP contribution in [0.5, 0.6) is 0 Å². The summed E-state index contributed by atoms with van der Waals surface area (Å²) in [5.74, 6) is 1.19. The molecule has 0 radical (unpaired) electrons. The quantitative estimate of drug-likeness (QED) is 0.883. The third kappa shape index (κ3) is 3.43. The summed E-state index contributed by atoms with van der Waals surface area (Å²) in [4.78, 5) is 27.5. The van der Waals surface area contributed by atoms with E-state index in [1.807, 2.05) is 10.3 Å². The Kier molecular flexibility index (Phi) is 5.43. The Bertz CT molecular complexity index is 695. The van der Waals surface area contributed by atoms with Crippen LogP contribution in [0.25, 0.3) is 10.8 Å². The van der Waals surface area contributed by atoms with Crippen LogP contribution >= 0.6 is 23.7 Å². The van der Waals surface area contributed by atoms with Crippen molar-refractivity contribution in [1.29, 1.82) is 0 Å². The van der Waals surface area contributed by atoms with Crippen LogP contribution in [-0.4, -0.2) is 51.4 Å². The van der Waals surface area contributed by atoms with E-state index in [1.54, 1.807) is 18.5 Å². The van der Waals surface area contributed by atoms with Crippen LogP contribution < -0.4 is 5.32 Å². The summed E-state index contributed by atoms with van der Waals surface area (Å²) < 4.78 is 0. The number of hydrogen-bond donors (Lipinski definition) is 1. The highest BCUT2D eigenvalue weighted by atomic mass is 35.5. The van der Waals surface area contributed by atoms with Crippen molar-refractivity contribution in [3.8, 4) is 10.8 Å². The first kappa shape index (κ1) is 17.3. The Morgan fingerprint density at radius 3 is 2.96 bits per heavy atom. The lowest BCUT2D eigenvalue weighted by Crippen LogP contribution is -2.53. The Morgan fingerprint density at radius 2 is 2.12 bits per heavy atom. The van der Waals surface area contributed by atoms with Gasteiger partial charge in [-0.2, -0.15) is 0 Å². The molecule has 2 aliphatic heterocycles. The summed E-state index contributed by atoms with van der Waals surface area (Å²) in [5, 5.41) is 6.09. The minimum atomic E-state index is 0. The van der Waals surface area contributed by atoms with Crippen LogP contribution in [0.4, 0.5) is 0 Å². The topological polar surface area (TPSA) is 71.0 Å². The van der Waals surface area contributed by atoms with E-state index in [2.05, 4.69) is 20.3 Å². The first-order valence-electron chi connectivity index (χ1n) is 8.07. The van der Waals surface area contributed by atoms with Gasteiger partial charge in [0.25, 0.3) is 5.91 Å². The molecule has 0 unspecified atom stereocenters. The van der Waals surface area contributed by atoms with Crippen molar-refractivity contribution in [2.75, 3.05) is 19.6 Å². The molecule has 1 amide bonds. The first-order valence-corrected chi connectivity index (χ1v) is 8.95. The number of carbonyl (C=O) groups is 1. The van der Waals surface area contributed by atoms with Crippen LogP contribution in [0, 0.1) is 5.92 Å². The number of amides is 1. The van der Waals surface area contributed by atoms with Crippen LogP contribution in [0.1, 0.15) is 29.8 Å². The van der Waals surface area contributed by atoms with Crippen molar-refractivity contribution in [2.24, 2.45) is 5.92 Å². The summed E-state index contributed by atoms with van der Waals surface area (Å²) in [5.41, 5.74) is 0.514. The third-order valence-corrected chi connectivity index (χ3v) is 5.50. The van der Waals surface area contributed by atoms with Crippen LogP contribution in [-0.2, 0) is 0 Å². The molecule has 24 heavy (non-hydrogen) atoms. The summed E-state index contributed by atoms with van der Waals surface area (Å²) in [6.07, 6.45) is 6.82. The molecule has 4 rings (SSSR count). The van der Waals surface area contributed by atoms with Crippen molar-refractivity contribution in [3.05, 3.63) is 29.5 Å². The number of piperidine rings is 2. The number of fused-ring (bicyclic) bond motifs is 1. The fourth-order valence-corrected chi connectivity index (χ4v) is 4.21. The van der Waals surface area contributed by atoms with Crippen molar-refractivity contribution in [3.63, 3.8) is 0 Å². The number of rotatable bonds is 2. The lowest BCUT2D eigenvalue weighted by Gasteiger charge is -2.41. The zero-order valence-corrected chi connectivity index (χ0v) is 14.9. The molecule has 2 aromatic rings. The number of nitrogens with one attached hydrogen (secondary N) is 1. The standard InChI is InChI=1S/C16H19N5OS.ClH/c22-16(21-8-4-12-11(9-21)3-1-5-17-12)13-10-23-15(20-13)14-18-6-2-7-19-14;/h2,6-7,10-12,17H,1,3-5,8-9H2;1H/t11-,12+;/m1./s1. The number of carbonyl (C=O) groups excluding carboxylic acids is 1. The number of nitrogens with zero attached hydrogens (tertiary/aromatic N) is 4. The van der Waals surface area contributed by atoms with Gasteiger partial charge in [0.15, 0.2) is 10.8 Å². The van der Waals surface area contributed by atoms with Crippen molar-refractivity contribution in [1.82, 2.24) is 25.2 Å². The summed E-state index contributed by atoms with van der Waals surface area (Å²) in [6.45, 7) is 2.76. The SMILES string of the molecule is Cl.O=C(c1csc(-c2ncccn2)n1)N1CC[C@@H]2NCCC[C@@H]2C1. The zero-order chi connectivity index (χ0) is 15.6. The maximum atomic E-state index is 12.7. The van der Waals surface area contributed by atoms with E-state index in [9.17, 15) is 4.79 Å². The molecule has 0 saturated carbocycles. The van der Waals surface area contributed by atoms with Crippen molar-refractivity contribution in [2.45, 2.75) is 25.3 Å². The molecule has 1 N–H and O–H groups in total. The van der Waals surface area contributed by atoms with Gasteiger partial charge in [0.2, 0.25) is 0 Å². The minimum absolute atomic E-state index is 0. The van der Waals surface area contributed by atoms with Gasteiger partial charge >= 0.3 is 0 Å². The second-order valence-corrected chi connectivity index (χ2v) is 6.97. The Morgan fingerprint density at radius 1 is 1.29 bits per heavy atom. The fraction of sp³-hybridized carbons (Fsp3) is 0.500. The predicted molar refractivity (Wildman–Crippen MR) is 95.4 cm³/mol. The third-order valence-electron chi connectivity index (χ3n) is 4.66. The monoisotopic (exact) mass is 365 g/mol. The lowest BCUT2D eigenvalue weighted by atomic mass is 9.85. The highest BCUT2D eigenvalue weighted by Gasteiger charge is 2.33. The van der Waals surface area contributed by atoms with E-state index in [0.29, 0.717) is 28.5 Å².